The number of amides is 2. The fraction of sp³-hybridized carbons (Fsp3) is 0.625. The first-order valence-corrected chi connectivity index (χ1v) is 5.86. The third-order valence-electron chi connectivity index (χ3n) is 1.97. The highest BCUT2D eigenvalue weighted by molar-refractivity contribution is 7.09. The summed E-state index contributed by atoms with van der Waals surface area (Å²) in [6.45, 7) is 1.95. The Bertz CT molecular complexity index is 369. The van der Waals surface area contributed by atoms with Crippen molar-refractivity contribution in [2.75, 3.05) is 5.32 Å². The van der Waals surface area contributed by atoms with E-state index in [1.54, 1.807) is 0 Å². The van der Waals surface area contributed by atoms with Crippen LogP contribution in [0, 0.1) is 0 Å². The maximum atomic E-state index is 11.4. The minimum atomic E-state index is -1.05. The standard InChI is InChI=1S/C8H13N5O3S/c1-2-3-4-5(6(14)15)9-7(16)10-8-11-12-13-17-8/h5H,2-4H2,1H3,(H,14,15)(H2,9,10,11,13,16)/t5-/m0/s1. The molecule has 0 aliphatic rings. The van der Waals surface area contributed by atoms with Crippen LogP contribution < -0.4 is 10.6 Å². The predicted molar refractivity (Wildman–Crippen MR) is 60.8 cm³/mol. The Morgan fingerprint density at radius 1 is 1.53 bits per heavy atom. The van der Waals surface area contributed by atoms with Crippen molar-refractivity contribution in [2.45, 2.75) is 32.2 Å². The summed E-state index contributed by atoms with van der Waals surface area (Å²) in [7, 11) is 0. The highest BCUT2D eigenvalue weighted by atomic mass is 32.1. The minimum absolute atomic E-state index is 0.224. The minimum Gasteiger partial charge on any atom is -0.480 e. The number of nitrogens with zero attached hydrogens (tertiary/aromatic N) is 3. The lowest BCUT2D eigenvalue weighted by Crippen LogP contribution is -2.42. The zero-order valence-corrected chi connectivity index (χ0v) is 10.0. The van der Waals surface area contributed by atoms with Gasteiger partial charge in [0.25, 0.3) is 0 Å². The van der Waals surface area contributed by atoms with Crippen molar-refractivity contribution in [1.29, 1.82) is 0 Å². The Hall–Kier alpha value is -1.77. The Morgan fingerprint density at radius 3 is 2.82 bits per heavy atom. The lowest BCUT2D eigenvalue weighted by atomic mass is 10.1. The van der Waals surface area contributed by atoms with E-state index in [2.05, 4.69) is 25.4 Å². The maximum Gasteiger partial charge on any atom is 0.326 e. The Labute approximate surface area is 102 Å². The Balaban J connectivity index is 2.43. The van der Waals surface area contributed by atoms with Gasteiger partial charge in [-0.2, -0.15) is 0 Å². The van der Waals surface area contributed by atoms with Gasteiger partial charge in [-0.3, -0.25) is 5.32 Å². The van der Waals surface area contributed by atoms with E-state index >= 15 is 0 Å². The van der Waals surface area contributed by atoms with Crippen LogP contribution in [0.25, 0.3) is 0 Å². The van der Waals surface area contributed by atoms with Crippen molar-refractivity contribution in [3.8, 4) is 0 Å². The first-order valence-electron chi connectivity index (χ1n) is 5.08. The summed E-state index contributed by atoms with van der Waals surface area (Å²) in [5, 5.41) is 20.6. The van der Waals surface area contributed by atoms with E-state index in [9.17, 15) is 9.59 Å². The molecule has 0 aliphatic heterocycles. The number of urea groups is 1. The Kier molecular flexibility index (Phi) is 5.27. The van der Waals surface area contributed by atoms with Crippen LogP contribution in [0.4, 0.5) is 9.93 Å². The summed E-state index contributed by atoms with van der Waals surface area (Å²) in [4.78, 5) is 22.3. The summed E-state index contributed by atoms with van der Waals surface area (Å²) in [5.74, 6) is -1.05. The molecule has 1 aromatic heterocycles. The molecule has 1 aromatic rings. The molecule has 1 atom stereocenters. The molecule has 8 nitrogen and oxygen atoms in total. The van der Waals surface area contributed by atoms with E-state index in [0.717, 1.165) is 24.4 Å². The lowest BCUT2D eigenvalue weighted by molar-refractivity contribution is -0.139. The molecule has 9 heteroatoms. The number of carbonyl (C=O) groups is 2. The van der Waals surface area contributed by atoms with Crippen LogP contribution in [0.5, 0.6) is 0 Å². The summed E-state index contributed by atoms with van der Waals surface area (Å²) < 4.78 is 3.46. The molecule has 3 N–H and O–H groups in total. The second-order valence-electron chi connectivity index (χ2n) is 3.30. The normalized spacial score (nSPS) is 11.8. The summed E-state index contributed by atoms with van der Waals surface area (Å²) >= 11 is 0.913. The zero-order valence-electron chi connectivity index (χ0n) is 9.21. The SMILES string of the molecule is CCCC[C@H](NC(=O)Nc1nnns1)C(=O)O. The molecule has 1 heterocycles. The van der Waals surface area contributed by atoms with Crippen LogP contribution in [0.3, 0.4) is 0 Å². The number of carboxylic acids is 1. The number of aromatic nitrogens is 3. The molecule has 94 valence electrons. The molecule has 0 saturated heterocycles. The predicted octanol–water partition coefficient (Wildman–Crippen LogP) is 0.698. The molecule has 2 amide bonds. The van der Waals surface area contributed by atoms with E-state index in [1.165, 1.54) is 0 Å². The van der Waals surface area contributed by atoms with Crippen LogP contribution in [0.15, 0.2) is 0 Å². The number of unbranched alkanes of at least 4 members (excludes halogenated alkanes) is 1. The van der Waals surface area contributed by atoms with Gasteiger partial charge < -0.3 is 10.4 Å². The van der Waals surface area contributed by atoms with Crippen LogP contribution in [0.2, 0.25) is 0 Å². The molecule has 0 aliphatic carbocycles. The monoisotopic (exact) mass is 259 g/mol. The second-order valence-corrected chi connectivity index (χ2v) is 4.03. The number of carbonyl (C=O) groups excluding carboxylic acids is 1. The maximum absolute atomic E-state index is 11.4. The first-order chi connectivity index (χ1) is 8.13. The van der Waals surface area contributed by atoms with Gasteiger partial charge in [0.15, 0.2) is 0 Å². The fourth-order valence-corrected chi connectivity index (χ4v) is 1.50. The summed E-state index contributed by atoms with van der Waals surface area (Å²) in [5.41, 5.74) is 0. The van der Waals surface area contributed by atoms with Gasteiger partial charge in [-0.15, -0.1) is 0 Å². The number of hydrogen-bond acceptors (Lipinski definition) is 6. The number of nitrogens with one attached hydrogen (secondary N) is 2. The summed E-state index contributed by atoms with van der Waals surface area (Å²) in [6.07, 6.45) is 2.00. The molecule has 0 bridgehead atoms. The lowest BCUT2D eigenvalue weighted by Gasteiger charge is -2.13. The van der Waals surface area contributed by atoms with E-state index in [4.69, 9.17) is 5.11 Å². The number of aliphatic carboxylic acids is 1. The molecule has 0 saturated carbocycles. The average molecular weight is 259 g/mol. The van der Waals surface area contributed by atoms with Crippen molar-refractivity contribution in [3.05, 3.63) is 0 Å². The molecule has 17 heavy (non-hydrogen) atoms. The van der Waals surface area contributed by atoms with Gasteiger partial charge >= 0.3 is 12.0 Å². The first kappa shape index (κ1) is 13.3. The smallest absolute Gasteiger partial charge is 0.326 e. The number of carboxylic acid groups (broad SMARTS) is 1. The molecule has 0 unspecified atom stereocenters. The molecule has 1 rings (SSSR count). The van der Waals surface area contributed by atoms with E-state index in [1.807, 2.05) is 6.92 Å². The van der Waals surface area contributed by atoms with Crippen molar-refractivity contribution in [1.82, 2.24) is 20.1 Å². The van der Waals surface area contributed by atoms with E-state index in [-0.39, 0.29) is 5.13 Å². The largest absolute Gasteiger partial charge is 0.480 e. The molecule has 0 aromatic carbocycles. The molecule has 0 radical (unpaired) electrons. The van der Waals surface area contributed by atoms with Gasteiger partial charge in [0.1, 0.15) is 6.04 Å². The molecular weight excluding hydrogens is 246 g/mol. The highest BCUT2D eigenvalue weighted by Crippen LogP contribution is 2.05. The van der Waals surface area contributed by atoms with Crippen molar-refractivity contribution < 1.29 is 14.7 Å². The van der Waals surface area contributed by atoms with Crippen molar-refractivity contribution >= 4 is 28.7 Å². The van der Waals surface area contributed by atoms with E-state index < -0.39 is 18.0 Å². The fourth-order valence-electron chi connectivity index (χ4n) is 1.14. The average Bonchev–Trinajstić information content (AvgIpc) is 2.76. The van der Waals surface area contributed by atoms with Crippen LogP contribution in [0.1, 0.15) is 26.2 Å². The van der Waals surface area contributed by atoms with Crippen molar-refractivity contribution in [3.63, 3.8) is 0 Å². The third kappa shape index (κ3) is 4.72. The topological polar surface area (TPSA) is 117 Å². The van der Waals surface area contributed by atoms with Crippen LogP contribution in [-0.2, 0) is 4.79 Å². The highest BCUT2D eigenvalue weighted by Gasteiger charge is 2.19. The third-order valence-corrected chi connectivity index (χ3v) is 2.48. The van der Waals surface area contributed by atoms with Gasteiger partial charge in [-0.05, 0) is 11.6 Å². The number of rotatable bonds is 6. The van der Waals surface area contributed by atoms with Gasteiger partial charge in [-0.1, -0.05) is 29.4 Å². The van der Waals surface area contributed by atoms with Gasteiger partial charge in [0.2, 0.25) is 5.13 Å². The van der Waals surface area contributed by atoms with Crippen molar-refractivity contribution in [2.24, 2.45) is 0 Å². The molecule has 0 fully saturated rings. The second kappa shape index (κ2) is 6.74. The zero-order chi connectivity index (χ0) is 12.7. The van der Waals surface area contributed by atoms with E-state index in [0.29, 0.717) is 6.42 Å². The van der Waals surface area contributed by atoms with Gasteiger partial charge in [0.05, 0.1) is 0 Å². The van der Waals surface area contributed by atoms with Crippen LogP contribution >= 0.6 is 11.5 Å². The Morgan fingerprint density at radius 2 is 2.29 bits per heavy atom. The number of anilines is 1. The van der Waals surface area contributed by atoms with Crippen LogP contribution in [-0.4, -0.2) is 37.9 Å². The summed E-state index contributed by atoms with van der Waals surface area (Å²) in [6, 6.07) is -1.51. The number of hydrogen-bond donors (Lipinski definition) is 3. The quantitative estimate of drug-likeness (QED) is 0.692. The van der Waals surface area contributed by atoms with Gasteiger partial charge in [-0.25, -0.2) is 9.59 Å². The van der Waals surface area contributed by atoms with Gasteiger partial charge in [0, 0.05) is 11.5 Å². The molecular formula is C8H13N5O3S. The molecule has 0 spiro atoms.